The van der Waals surface area contributed by atoms with E-state index in [1.165, 1.54) is 5.32 Å². The van der Waals surface area contributed by atoms with Crippen LogP contribution < -0.4 is 20.1 Å². The Bertz CT molecular complexity index is 591. The molecule has 25 heavy (non-hydrogen) atoms. The van der Waals surface area contributed by atoms with Crippen LogP contribution in [0.2, 0.25) is 0 Å². The molecular weight excluding hydrogens is 341 g/mol. The zero-order valence-corrected chi connectivity index (χ0v) is 14.0. The summed E-state index contributed by atoms with van der Waals surface area (Å²) in [6, 6.07) is 5.35. The number of halogens is 3. The molecule has 6 nitrogen and oxygen atoms in total. The van der Waals surface area contributed by atoms with Gasteiger partial charge in [-0.15, -0.1) is 0 Å². The minimum absolute atomic E-state index is 0.209. The highest BCUT2D eigenvalue weighted by Gasteiger charge is 2.38. The first-order chi connectivity index (χ1) is 11.8. The average Bonchev–Trinajstić information content (AvgIpc) is 2.54. The number of hydrogen-bond donors (Lipinski definition) is 2. The molecule has 0 unspecified atom stereocenters. The second-order valence-corrected chi connectivity index (χ2v) is 4.93. The summed E-state index contributed by atoms with van der Waals surface area (Å²) in [5.74, 6) is -1.64. The fraction of sp³-hybridized carbons (Fsp3) is 0.500. The van der Waals surface area contributed by atoms with Crippen molar-refractivity contribution in [2.45, 2.75) is 26.4 Å². The quantitative estimate of drug-likeness (QED) is 0.703. The molecule has 0 aromatic heterocycles. The lowest BCUT2D eigenvalue weighted by molar-refractivity contribution is -0.173. The molecule has 0 saturated carbocycles. The number of alkyl halides is 3. The highest BCUT2D eigenvalue weighted by molar-refractivity contribution is 5.87. The minimum Gasteiger partial charge on any atom is -0.490 e. The van der Waals surface area contributed by atoms with Gasteiger partial charge in [0.05, 0.1) is 19.8 Å². The number of benzene rings is 1. The molecule has 1 aromatic carbocycles. The molecule has 1 aromatic rings. The number of carbonyl (C=O) groups excluding carboxylic acids is 2. The Balaban J connectivity index is 2.46. The Morgan fingerprint density at radius 1 is 1.04 bits per heavy atom. The number of carbonyl (C=O) groups is 2. The molecule has 2 amide bonds. The van der Waals surface area contributed by atoms with Crippen LogP contribution in [-0.2, 0) is 16.0 Å². The zero-order valence-electron chi connectivity index (χ0n) is 14.0. The fourth-order valence-corrected chi connectivity index (χ4v) is 1.92. The molecule has 0 bridgehead atoms. The van der Waals surface area contributed by atoms with E-state index in [2.05, 4.69) is 5.32 Å². The summed E-state index contributed by atoms with van der Waals surface area (Å²) < 4.78 is 46.9. The number of ether oxygens (including phenoxy) is 2. The van der Waals surface area contributed by atoms with E-state index in [1.54, 1.807) is 12.1 Å². The van der Waals surface area contributed by atoms with E-state index in [1.807, 2.05) is 19.9 Å². The summed E-state index contributed by atoms with van der Waals surface area (Å²) in [6.07, 6.45) is -4.55. The largest absolute Gasteiger partial charge is 0.490 e. The normalized spacial score (nSPS) is 10.9. The summed E-state index contributed by atoms with van der Waals surface area (Å²) in [5.41, 5.74) is 0.867. The summed E-state index contributed by atoms with van der Waals surface area (Å²) in [6.45, 7) is 4.15. The molecule has 0 aliphatic carbocycles. The van der Waals surface area contributed by atoms with Crippen molar-refractivity contribution in [2.24, 2.45) is 0 Å². The van der Waals surface area contributed by atoms with E-state index in [0.717, 1.165) is 5.56 Å². The molecule has 0 saturated heterocycles. The number of nitrogens with one attached hydrogen (secondary N) is 2. The van der Waals surface area contributed by atoms with Gasteiger partial charge >= 0.3 is 12.1 Å². The molecule has 0 aliphatic rings. The first kappa shape index (κ1) is 20.6. The summed E-state index contributed by atoms with van der Waals surface area (Å²) >= 11 is 0. The Kier molecular flexibility index (Phi) is 8.03. The lowest BCUT2D eigenvalue weighted by Crippen LogP contribution is -2.43. The van der Waals surface area contributed by atoms with Gasteiger partial charge in [-0.3, -0.25) is 9.59 Å². The third kappa shape index (κ3) is 7.32. The fourth-order valence-electron chi connectivity index (χ4n) is 1.92. The van der Waals surface area contributed by atoms with Crippen LogP contribution in [0.15, 0.2) is 18.2 Å². The van der Waals surface area contributed by atoms with Gasteiger partial charge in [0.15, 0.2) is 11.5 Å². The number of amides is 2. The third-order valence-electron chi connectivity index (χ3n) is 3.01. The summed E-state index contributed by atoms with van der Waals surface area (Å²) in [5, 5.41) is 3.94. The molecule has 0 spiro atoms. The molecule has 140 valence electrons. The smallest absolute Gasteiger partial charge is 0.471 e. The molecule has 9 heteroatoms. The molecule has 0 heterocycles. The Hall–Kier alpha value is -2.45. The molecule has 0 aliphatic heterocycles. The van der Waals surface area contributed by atoms with Gasteiger partial charge in [0.2, 0.25) is 5.91 Å². The predicted octanol–water partition coefficient (Wildman–Crippen LogP) is 1.82. The van der Waals surface area contributed by atoms with Gasteiger partial charge < -0.3 is 20.1 Å². The van der Waals surface area contributed by atoms with Crippen molar-refractivity contribution in [1.29, 1.82) is 0 Å². The molecule has 2 N–H and O–H groups in total. The minimum atomic E-state index is -5.00. The van der Waals surface area contributed by atoms with Crippen LogP contribution in [0.3, 0.4) is 0 Å². The van der Waals surface area contributed by atoms with Crippen molar-refractivity contribution in [3.8, 4) is 11.5 Å². The second kappa shape index (κ2) is 9.75. The zero-order chi connectivity index (χ0) is 18.9. The van der Waals surface area contributed by atoms with Crippen molar-refractivity contribution in [3.63, 3.8) is 0 Å². The van der Waals surface area contributed by atoms with Crippen LogP contribution in [0.1, 0.15) is 19.4 Å². The van der Waals surface area contributed by atoms with E-state index in [0.29, 0.717) is 31.1 Å². The van der Waals surface area contributed by atoms with Crippen LogP contribution in [0.25, 0.3) is 0 Å². The van der Waals surface area contributed by atoms with Gasteiger partial charge in [-0.1, -0.05) is 6.07 Å². The van der Waals surface area contributed by atoms with Gasteiger partial charge in [0, 0.05) is 6.54 Å². The van der Waals surface area contributed by atoms with Crippen molar-refractivity contribution in [2.75, 3.05) is 26.3 Å². The summed E-state index contributed by atoms with van der Waals surface area (Å²) in [7, 11) is 0. The van der Waals surface area contributed by atoms with E-state index in [-0.39, 0.29) is 6.54 Å². The Morgan fingerprint density at radius 2 is 1.68 bits per heavy atom. The topological polar surface area (TPSA) is 76.7 Å². The van der Waals surface area contributed by atoms with Crippen LogP contribution >= 0.6 is 0 Å². The predicted molar refractivity (Wildman–Crippen MR) is 84.6 cm³/mol. The van der Waals surface area contributed by atoms with E-state index in [4.69, 9.17) is 9.47 Å². The maximum absolute atomic E-state index is 12.0. The van der Waals surface area contributed by atoms with Crippen molar-refractivity contribution >= 4 is 11.8 Å². The molecule has 0 fully saturated rings. The van der Waals surface area contributed by atoms with Crippen LogP contribution in [0.5, 0.6) is 11.5 Å². The van der Waals surface area contributed by atoms with Crippen LogP contribution in [-0.4, -0.2) is 44.3 Å². The maximum atomic E-state index is 12.0. The Morgan fingerprint density at radius 3 is 2.28 bits per heavy atom. The van der Waals surface area contributed by atoms with Gasteiger partial charge in [0.25, 0.3) is 0 Å². The first-order valence-electron chi connectivity index (χ1n) is 7.78. The van der Waals surface area contributed by atoms with Crippen molar-refractivity contribution < 1.29 is 32.2 Å². The monoisotopic (exact) mass is 362 g/mol. The summed E-state index contributed by atoms with van der Waals surface area (Å²) in [4.78, 5) is 22.0. The molecule has 0 radical (unpaired) electrons. The Labute approximate surface area is 143 Å². The van der Waals surface area contributed by atoms with E-state index < -0.39 is 24.5 Å². The maximum Gasteiger partial charge on any atom is 0.471 e. The first-order valence-corrected chi connectivity index (χ1v) is 7.78. The van der Waals surface area contributed by atoms with Gasteiger partial charge in [-0.2, -0.15) is 13.2 Å². The molecular formula is C16H21F3N2O4. The highest BCUT2D eigenvalue weighted by atomic mass is 19.4. The van der Waals surface area contributed by atoms with Gasteiger partial charge in [-0.05, 0) is 38.0 Å². The second-order valence-electron chi connectivity index (χ2n) is 4.93. The SMILES string of the molecule is CCOc1ccc(CCNC(=O)CNC(=O)C(F)(F)F)cc1OCC. The lowest BCUT2D eigenvalue weighted by atomic mass is 10.1. The van der Waals surface area contributed by atoms with E-state index in [9.17, 15) is 22.8 Å². The van der Waals surface area contributed by atoms with Crippen molar-refractivity contribution in [1.82, 2.24) is 10.6 Å². The standard InChI is InChI=1S/C16H21F3N2O4/c1-3-24-12-6-5-11(9-13(12)25-4-2)7-8-20-14(22)10-21-15(23)16(17,18)19/h5-6,9H,3-4,7-8,10H2,1-2H3,(H,20,22)(H,21,23). The van der Waals surface area contributed by atoms with Crippen LogP contribution in [0.4, 0.5) is 13.2 Å². The van der Waals surface area contributed by atoms with Gasteiger partial charge in [-0.25, -0.2) is 0 Å². The number of hydrogen-bond acceptors (Lipinski definition) is 4. The van der Waals surface area contributed by atoms with Gasteiger partial charge in [0.1, 0.15) is 0 Å². The van der Waals surface area contributed by atoms with E-state index >= 15 is 0 Å². The highest BCUT2D eigenvalue weighted by Crippen LogP contribution is 2.28. The molecule has 1 rings (SSSR count). The number of rotatable bonds is 9. The van der Waals surface area contributed by atoms with Crippen molar-refractivity contribution in [3.05, 3.63) is 23.8 Å². The lowest BCUT2D eigenvalue weighted by Gasteiger charge is -2.13. The third-order valence-corrected chi connectivity index (χ3v) is 3.01. The average molecular weight is 362 g/mol. The van der Waals surface area contributed by atoms with Crippen LogP contribution in [0, 0.1) is 0 Å². The molecule has 0 atom stereocenters.